The molecule has 14 heavy (non-hydrogen) atoms. The largest absolute Gasteiger partial charge is 0.192 e. The zero-order valence-corrected chi connectivity index (χ0v) is 10.6. The van der Waals surface area contributed by atoms with Crippen LogP contribution in [0, 0.1) is 11.3 Å². The highest BCUT2D eigenvalue weighted by atomic mass is 79.9. The molecule has 0 N–H and O–H groups in total. The van der Waals surface area contributed by atoms with Crippen LogP contribution in [-0.4, -0.2) is 6.26 Å². The molecule has 0 fully saturated rings. The van der Waals surface area contributed by atoms with E-state index in [4.69, 9.17) is 5.26 Å². The number of rotatable bonds is 1. The zero-order chi connectivity index (χ0) is 10.1. The molecule has 4 heteroatoms. The summed E-state index contributed by atoms with van der Waals surface area (Å²) < 4.78 is 3.29. The van der Waals surface area contributed by atoms with Crippen molar-refractivity contribution < 1.29 is 0 Å². The molecule has 0 saturated carbocycles. The second-order valence-corrected chi connectivity index (χ2v) is 5.76. The monoisotopic (exact) mass is 283 g/mol. The molecule has 0 atom stereocenters. The fraction of sp³-hybridized carbons (Fsp3) is 0.100. The van der Waals surface area contributed by atoms with Crippen LogP contribution in [0.25, 0.3) is 10.1 Å². The summed E-state index contributed by atoms with van der Waals surface area (Å²) in [6.45, 7) is 0. The van der Waals surface area contributed by atoms with Crippen LogP contribution in [0.2, 0.25) is 0 Å². The minimum absolute atomic E-state index is 0.735. The number of thiophene rings is 1. The Morgan fingerprint density at radius 3 is 2.93 bits per heavy atom. The summed E-state index contributed by atoms with van der Waals surface area (Å²) >= 11 is 6.82. The van der Waals surface area contributed by atoms with Gasteiger partial charge in [0.05, 0.1) is 9.77 Å². The Bertz CT molecular complexity index is 525. The highest BCUT2D eigenvalue weighted by molar-refractivity contribution is 9.10. The molecule has 2 aromatic rings. The zero-order valence-electron chi connectivity index (χ0n) is 7.37. The lowest BCUT2D eigenvalue weighted by Gasteiger charge is -1.95. The van der Waals surface area contributed by atoms with E-state index >= 15 is 0 Å². The van der Waals surface area contributed by atoms with E-state index in [1.165, 1.54) is 8.91 Å². The van der Waals surface area contributed by atoms with Gasteiger partial charge in [0, 0.05) is 14.6 Å². The van der Waals surface area contributed by atoms with Crippen LogP contribution in [0.15, 0.2) is 26.9 Å². The SMILES string of the molecule is CSc1cc2c(C#N)c(Br)ccc2s1. The molecule has 1 nitrogen and oxygen atoms in total. The van der Waals surface area contributed by atoms with Gasteiger partial charge in [-0.25, -0.2) is 0 Å². The summed E-state index contributed by atoms with van der Waals surface area (Å²) in [6.07, 6.45) is 2.05. The number of benzene rings is 1. The van der Waals surface area contributed by atoms with Gasteiger partial charge in [-0.1, -0.05) is 0 Å². The third kappa shape index (κ3) is 1.56. The van der Waals surface area contributed by atoms with E-state index < -0.39 is 0 Å². The number of nitriles is 1. The Kier molecular flexibility index (Phi) is 2.82. The van der Waals surface area contributed by atoms with Crippen molar-refractivity contribution in [1.82, 2.24) is 0 Å². The van der Waals surface area contributed by atoms with Crippen molar-refractivity contribution >= 4 is 49.1 Å². The summed E-state index contributed by atoms with van der Waals surface area (Å²) in [6, 6.07) is 8.28. The molecule has 0 spiro atoms. The molecule has 1 aromatic heterocycles. The van der Waals surface area contributed by atoms with Crippen LogP contribution in [0.3, 0.4) is 0 Å². The summed E-state index contributed by atoms with van der Waals surface area (Å²) in [5.41, 5.74) is 0.735. The first-order chi connectivity index (χ1) is 6.76. The summed E-state index contributed by atoms with van der Waals surface area (Å²) in [5.74, 6) is 0. The number of nitrogens with zero attached hydrogens (tertiary/aromatic N) is 1. The molecule has 1 aromatic carbocycles. The smallest absolute Gasteiger partial charge is 0.101 e. The number of thioether (sulfide) groups is 1. The van der Waals surface area contributed by atoms with Gasteiger partial charge in [0.1, 0.15) is 6.07 Å². The first-order valence-electron chi connectivity index (χ1n) is 3.92. The van der Waals surface area contributed by atoms with Gasteiger partial charge in [-0.05, 0) is 40.4 Å². The maximum absolute atomic E-state index is 9.02. The number of hydrogen-bond donors (Lipinski definition) is 0. The van der Waals surface area contributed by atoms with E-state index in [9.17, 15) is 0 Å². The fourth-order valence-electron chi connectivity index (χ4n) is 1.28. The van der Waals surface area contributed by atoms with Gasteiger partial charge < -0.3 is 0 Å². The van der Waals surface area contributed by atoms with Gasteiger partial charge >= 0.3 is 0 Å². The van der Waals surface area contributed by atoms with Crippen molar-refractivity contribution in [2.24, 2.45) is 0 Å². The van der Waals surface area contributed by atoms with Crippen molar-refractivity contribution in [2.45, 2.75) is 4.21 Å². The maximum Gasteiger partial charge on any atom is 0.101 e. The van der Waals surface area contributed by atoms with Crippen LogP contribution < -0.4 is 0 Å². The third-order valence-corrected chi connectivity index (χ3v) is 4.77. The van der Waals surface area contributed by atoms with E-state index in [0.717, 1.165) is 15.4 Å². The Hall–Kier alpha value is -0.500. The number of halogens is 1. The van der Waals surface area contributed by atoms with E-state index in [2.05, 4.69) is 28.1 Å². The standard InChI is InChI=1S/C10H6BrNS2/c1-13-10-4-6-7(5-12)8(11)2-3-9(6)14-10/h2-4H,1H3. The Morgan fingerprint density at radius 1 is 1.50 bits per heavy atom. The number of fused-ring (bicyclic) bond motifs is 1. The molecule has 1 heterocycles. The van der Waals surface area contributed by atoms with Crippen molar-refractivity contribution in [3.63, 3.8) is 0 Å². The molecular weight excluding hydrogens is 278 g/mol. The molecule has 0 aliphatic carbocycles. The average Bonchev–Trinajstić information content (AvgIpc) is 2.60. The van der Waals surface area contributed by atoms with E-state index in [1.54, 1.807) is 23.1 Å². The first kappa shape index (κ1) is 10.0. The minimum Gasteiger partial charge on any atom is -0.192 e. The van der Waals surface area contributed by atoms with Gasteiger partial charge in [-0.3, -0.25) is 0 Å². The predicted molar refractivity (Wildman–Crippen MR) is 66.0 cm³/mol. The van der Waals surface area contributed by atoms with Crippen LogP contribution in [0.4, 0.5) is 0 Å². The van der Waals surface area contributed by atoms with E-state index in [-0.39, 0.29) is 0 Å². The predicted octanol–water partition coefficient (Wildman–Crippen LogP) is 4.26. The Balaban J connectivity index is 2.81. The summed E-state index contributed by atoms with van der Waals surface area (Å²) in [7, 11) is 0. The lowest BCUT2D eigenvalue weighted by Crippen LogP contribution is -1.76. The van der Waals surface area contributed by atoms with E-state index in [1.807, 2.05) is 18.4 Å². The van der Waals surface area contributed by atoms with Crippen molar-refractivity contribution in [3.8, 4) is 6.07 Å². The highest BCUT2D eigenvalue weighted by Crippen LogP contribution is 2.35. The van der Waals surface area contributed by atoms with Crippen LogP contribution in [-0.2, 0) is 0 Å². The molecule has 0 aliphatic rings. The molecule has 0 saturated heterocycles. The van der Waals surface area contributed by atoms with Crippen LogP contribution >= 0.6 is 39.0 Å². The lowest BCUT2D eigenvalue weighted by atomic mass is 10.1. The van der Waals surface area contributed by atoms with Crippen molar-refractivity contribution in [2.75, 3.05) is 6.26 Å². The minimum atomic E-state index is 0.735. The molecule has 70 valence electrons. The van der Waals surface area contributed by atoms with Crippen LogP contribution in [0.1, 0.15) is 5.56 Å². The van der Waals surface area contributed by atoms with Gasteiger partial charge in [-0.15, -0.1) is 23.1 Å². The van der Waals surface area contributed by atoms with Gasteiger partial charge in [0.15, 0.2) is 0 Å². The second kappa shape index (κ2) is 3.93. The third-order valence-electron chi connectivity index (χ3n) is 1.94. The molecule has 2 rings (SSSR count). The molecule has 0 bridgehead atoms. The lowest BCUT2D eigenvalue weighted by molar-refractivity contribution is 1.49. The molecule has 0 unspecified atom stereocenters. The molecule has 0 aliphatic heterocycles. The molecule has 0 radical (unpaired) electrons. The summed E-state index contributed by atoms with van der Waals surface area (Å²) in [4.78, 5) is 0. The summed E-state index contributed by atoms with van der Waals surface area (Å²) in [5, 5.41) is 10.1. The maximum atomic E-state index is 9.02. The molecule has 0 amide bonds. The van der Waals surface area contributed by atoms with Gasteiger partial charge in [-0.2, -0.15) is 5.26 Å². The second-order valence-electron chi connectivity index (χ2n) is 2.72. The number of hydrogen-bond acceptors (Lipinski definition) is 3. The fourth-order valence-corrected chi connectivity index (χ4v) is 3.35. The first-order valence-corrected chi connectivity index (χ1v) is 6.76. The topological polar surface area (TPSA) is 23.8 Å². The Labute approximate surface area is 98.9 Å². The quantitative estimate of drug-likeness (QED) is 0.731. The Morgan fingerprint density at radius 2 is 2.29 bits per heavy atom. The van der Waals surface area contributed by atoms with Gasteiger partial charge in [0.25, 0.3) is 0 Å². The normalized spacial score (nSPS) is 10.4. The van der Waals surface area contributed by atoms with E-state index in [0.29, 0.717) is 0 Å². The van der Waals surface area contributed by atoms with Crippen molar-refractivity contribution in [1.29, 1.82) is 5.26 Å². The highest BCUT2D eigenvalue weighted by Gasteiger charge is 2.08. The van der Waals surface area contributed by atoms with Gasteiger partial charge in [0.2, 0.25) is 0 Å². The van der Waals surface area contributed by atoms with Crippen LogP contribution in [0.5, 0.6) is 0 Å². The van der Waals surface area contributed by atoms with Crippen molar-refractivity contribution in [3.05, 3.63) is 28.2 Å². The average molecular weight is 284 g/mol. The molecular formula is C10H6BrNS2.